The SMILES string of the molecule is CCCc1c(NCC)ncnc1NC1CCC(C)C1C. The molecule has 112 valence electrons. The van der Waals surface area contributed by atoms with E-state index >= 15 is 0 Å². The second kappa shape index (κ2) is 6.91. The molecule has 1 saturated carbocycles. The van der Waals surface area contributed by atoms with Gasteiger partial charge in [-0.2, -0.15) is 0 Å². The zero-order chi connectivity index (χ0) is 14.5. The van der Waals surface area contributed by atoms with Gasteiger partial charge in [0, 0.05) is 18.2 Å². The molecule has 2 rings (SSSR count). The summed E-state index contributed by atoms with van der Waals surface area (Å²) in [5.41, 5.74) is 1.24. The molecule has 1 fully saturated rings. The molecule has 0 bridgehead atoms. The highest BCUT2D eigenvalue weighted by atomic mass is 15.1. The molecule has 0 radical (unpaired) electrons. The van der Waals surface area contributed by atoms with E-state index in [1.54, 1.807) is 6.33 Å². The average molecular weight is 276 g/mol. The van der Waals surface area contributed by atoms with E-state index < -0.39 is 0 Å². The first-order valence-electron chi connectivity index (χ1n) is 8.01. The summed E-state index contributed by atoms with van der Waals surface area (Å²) in [5, 5.41) is 7.04. The summed E-state index contributed by atoms with van der Waals surface area (Å²) in [7, 11) is 0. The summed E-state index contributed by atoms with van der Waals surface area (Å²) in [5.74, 6) is 3.54. The van der Waals surface area contributed by atoms with E-state index in [-0.39, 0.29) is 0 Å². The van der Waals surface area contributed by atoms with E-state index in [2.05, 4.69) is 48.3 Å². The lowest BCUT2D eigenvalue weighted by molar-refractivity contribution is 0.435. The van der Waals surface area contributed by atoms with Crippen molar-refractivity contribution in [1.29, 1.82) is 0 Å². The van der Waals surface area contributed by atoms with Crippen molar-refractivity contribution in [2.24, 2.45) is 11.8 Å². The molecule has 0 spiro atoms. The molecule has 20 heavy (non-hydrogen) atoms. The summed E-state index contributed by atoms with van der Waals surface area (Å²) in [6.45, 7) is 9.90. The first-order valence-corrected chi connectivity index (χ1v) is 8.01. The van der Waals surface area contributed by atoms with Crippen LogP contribution in [0.2, 0.25) is 0 Å². The third-order valence-electron chi connectivity index (χ3n) is 4.58. The Morgan fingerprint density at radius 1 is 1.15 bits per heavy atom. The molecule has 4 heteroatoms. The largest absolute Gasteiger partial charge is 0.370 e. The van der Waals surface area contributed by atoms with Crippen LogP contribution in [0.15, 0.2) is 6.33 Å². The first kappa shape index (κ1) is 15.1. The van der Waals surface area contributed by atoms with Crippen LogP contribution >= 0.6 is 0 Å². The standard InChI is InChI=1S/C16H28N4/c1-5-7-13-15(17-6-2)18-10-19-16(13)20-14-9-8-11(3)12(14)4/h10-12,14H,5-9H2,1-4H3,(H2,17,18,19,20). The summed E-state index contributed by atoms with van der Waals surface area (Å²) >= 11 is 0. The molecule has 1 heterocycles. The van der Waals surface area contributed by atoms with Crippen molar-refractivity contribution in [3.63, 3.8) is 0 Å². The molecule has 2 N–H and O–H groups in total. The Morgan fingerprint density at radius 2 is 1.90 bits per heavy atom. The highest BCUT2D eigenvalue weighted by Crippen LogP contribution is 2.34. The first-order chi connectivity index (χ1) is 9.67. The smallest absolute Gasteiger partial charge is 0.134 e. The molecule has 0 aliphatic heterocycles. The number of rotatable bonds is 6. The van der Waals surface area contributed by atoms with Crippen molar-refractivity contribution < 1.29 is 0 Å². The van der Waals surface area contributed by atoms with Gasteiger partial charge in [0.05, 0.1) is 0 Å². The van der Waals surface area contributed by atoms with Crippen LogP contribution in [0, 0.1) is 11.8 Å². The zero-order valence-electron chi connectivity index (χ0n) is 13.2. The Balaban J connectivity index is 2.19. The minimum absolute atomic E-state index is 0.546. The van der Waals surface area contributed by atoms with Gasteiger partial charge in [-0.15, -0.1) is 0 Å². The van der Waals surface area contributed by atoms with Gasteiger partial charge in [-0.05, 0) is 38.0 Å². The average Bonchev–Trinajstić information content (AvgIpc) is 2.75. The third-order valence-corrected chi connectivity index (χ3v) is 4.58. The Labute approximate surface area is 122 Å². The summed E-state index contributed by atoms with van der Waals surface area (Å²) in [6.07, 6.45) is 6.35. The van der Waals surface area contributed by atoms with Crippen LogP contribution < -0.4 is 10.6 Å². The molecule has 4 nitrogen and oxygen atoms in total. The van der Waals surface area contributed by atoms with Crippen molar-refractivity contribution in [3.05, 3.63) is 11.9 Å². The normalized spacial score (nSPS) is 25.7. The summed E-state index contributed by atoms with van der Waals surface area (Å²) < 4.78 is 0. The fraction of sp³-hybridized carbons (Fsp3) is 0.750. The molecule has 1 aromatic rings. The van der Waals surface area contributed by atoms with Gasteiger partial charge in [-0.3, -0.25) is 0 Å². The highest BCUT2D eigenvalue weighted by molar-refractivity contribution is 5.58. The van der Waals surface area contributed by atoms with E-state index in [9.17, 15) is 0 Å². The molecule has 1 aromatic heterocycles. The Bertz CT molecular complexity index is 432. The van der Waals surface area contributed by atoms with Crippen LogP contribution in [0.1, 0.15) is 52.5 Å². The van der Waals surface area contributed by atoms with Gasteiger partial charge >= 0.3 is 0 Å². The number of aromatic nitrogens is 2. The van der Waals surface area contributed by atoms with Crippen LogP contribution in [-0.2, 0) is 6.42 Å². The second-order valence-corrected chi connectivity index (χ2v) is 5.99. The molecule has 3 unspecified atom stereocenters. The van der Waals surface area contributed by atoms with E-state index in [1.807, 2.05) is 0 Å². The lowest BCUT2D eigenvalue weighted by atomic mass is 9.97. The van der Waals surface area contributed by atoms with Crippen molar-refractivity contribution in [3.8, 4) is 0 Å². The Hall–Kier alpha value is -1.32. The monoisotopic (exact) mass is 276 g/mol. The quantitative estimate of drug-likeness (QED) is 0.831. The van der Waals surface area contributed by atoms with Gasteiger partial charge < -0.3 is 10.6 Å². The Morgan fingerprint density at radius 3 is 2.50 bits per heavy atom. The zero-order valence-corrected chi connectivity index (χ0v) is 13.2. The van der Waals surface area contributed by atoms with Crippen LogP contribution in [0.5, 0.6) is 0 Å². The van der Waals surface area contributed by atoms with Crippen LogP contribution in [0.4, 0.5) is 11.6 Å². The molecular formula is C16H28N4. The fourth-order valence-corrected chi connectivity index (χ4v) is 3.09. The number of nitrogens with one attached hydrogen (secondary N) is 2. The fourth-order valence-electron chi connectivity index (χ4n) is 3.09. The topological polar surface area (TPSA) is 49.8 Å². The van der Waals surface area contributed by atoms with Gasteiger partial charge in [-0.1, -0.05) is 27.2 Å². The van der Waals surface area contributed by atoms with Crippen LogP contribution in [0.25, 0.3) is 0 Å². The van der Waals surface area contributed by atoms with Crippen molar-refractivity contribution in [2.45, 2.75) is 59.4 Å². The van der Waals surface area contributed by atoms with Gasteiger partial charge in [-0.25, -0.2) is 9.97 Å². The molecule has 0 amide bonds. The molecule has 0 aromatic carbocycles. The lowest BCUT2D eigenvalue weighted by Gasteiger charge is -2.22. The number of hydrogen-bond donors (Lipinski definition) is 2. The predicted molar refractivity (Wildman–Crippen MR) is 85.2 cm³/mol. The second-order valence-electron chi connectivity index (χ2n) is 5.99. The minimum atomic E-state index is 0.546. The Kier molecular flexibility index (Phi) is 5.21. The van der Waals surface area contributed by atoms with E-state index in [0.29, 0.717) is 12.0 Å². The summed E-state index contributed by atoms with van der Waals surface area (Å²) in [4.78, 5) is 8.89. The molecule has 1 aliphatic carbocycles. The van der Waals surface area contributed by atoms with Gasteiger partial charge in [0.15, 0.2) is 0 Å². The van der Waals surface area contributed by atoms with Crippen LogP contribution in [-0.4, -0.2) is 22.6 Å². The van der Waals surface area contributed by atoms with E-state index in [1.165, 1.54) is 18.4 Å². The lowest BCUT2D eigenvalue weighted by Crippen LogP contribution is -2.25. The van der Waals surface area contributed by atoms with E-state index in [4.69, 9.17) is 0 Å². The number of anilines is 2. The predicted octanol–water partition coefficient (Wildman–Crippen LogP) is 3.71. The van der Waals surface area contributed by atoms with E-state index in [0.717, 1.165) is 36.9 Å². The van der Waals surface area contributed by atoms with Gasteiger partial charge in [0.25, 0.3) is 0 Å². The molecular weight excluding hydrogens is 248 g/mol. The maximum absolute atomic E-state index is 4.50. The summed E-state index contributed by atoms with van der Waals surface area (Å²) in [6, 6.07) is 0.546. The van der Waals surface area contributed by atoms with Crippen molar-refractivity contribution in [1.82, 2.24) is 9.97 Å². The number of hydrogen-bond acceptors (Lipinski definition) is 4. The van der Waals surface area contributed by atoms with Crippen LogP contribution in [0.3, 0.4) is 0 Å². The molecule has 1 aliphatic rings. The van der Waals surface area contributed by atoms with Crippen molar-refractivity contribution >= 4 is 11.6 Å². The molecule has 0 saturated heterocycles. The molecule has 3 atom stereocenters. The highest BCUT2D eigenvalue weighted by Gasteiger charge is 2.30. The third kappa shape index (κ3) is 3.22. The van der Waals surface area contributed by atoms with Gasteiger partial charge in [0.2, 0.25) is 0 Å². The van der Waals surface area contributed by atoms with Crippen molar-refractivity contribution in [2.75, 3.05) is 17.2 Å². The maximum atomic E-state index is 4.50. The minimum Gasteiger partial charge on any atom is -0.370 e. The van der Waals surface area contributed by atoms with Gasteiger partial charge in [0.1, 0.15) is 18.0 Å². The number of nitrogens with zero attached hydrogens (tertiary/aromatic N) is 2. The maximum Gasteiger partial charge on any atom is 0.134 e.